The number of amides is 1. The van der Waals surface area contributed by atoms with E-state index in [1.165, 1.54) is 51.8 Å². The Morgan fingerprint density at radius 2 is 1.60 bits per heavy atom. The second kappa shape index (κ2) is 14.8. The molecule has 176 valence electrons. The average molecular weight is 530 g/mol. The summed E-state index contributed by atoms with van der Waals surface area (Å²) in [6.45, 7) is 14.2. The summed E-state index contributed by atoms with van der Waals surface area (Å²) in [6, 6.07) is 0.150. The molecule has 0 bridgehead atoms. The zero-order valence-corrected chi connectivity index (χ0v) is 23.7. The van der Waals surface area contributed by atoms with Gasteiger partial charge < -0.3 is 0 Å². The molecule has 1 saturated heterocycles. The second-order valence-electron chi connectivity index (χ2n) is 10.1. The number of ether oxygens (including phenoxy) is 2. The van der Waals surface area contributed by atoms with E-state index in [0.29, 0.717) is 6.61 Å². The van der Waals surface area contributed by atoms with Gasteiger partial charge in [0.1, 0.15) is 0 Å². The molecule has 1 rings (SSSR count). The fraction of sp³-hybridized carbons (Fsp3) is 0.880. The number of likely N-dealkylation sites (tertiary alicyclic amines) is 1. The van der Waals surface area contributed by atoms with E-state index >= 15 is 0 Å². The molecule has 0 unspecified atom stereocenters. The predicted octanol–water partition coefficient (Wildman–Crippen LogP) is 7.35. The summed E-state index contributed by atoms with van der Waals surface area (Å²) in [6.07, 6.45) is 14.2. The third-order valence-corrected chi connectivity index (χ3v) is 20.5. The van der Waals surface area contributed by atoms with Gasteiger partial charge in [-0.3, -0.25) is 0 Å². The van der Waals surface area contributed by atoms with Gasteiger partial charge in [-0.15, -0.1) is 0 Å². The maximum absolute atomic E-state index is 12.4. The van der Waals surface area contributed by atoms with Crippen LogP contribution < -0.4 is 0 Å². The molecule has 1 amide bonds. The van der Waals surface area contributed by atoms with Gasteiger partial charge in [-0.2, -0.15) is 0 Å². The van der Waals surface area contributed by atoms with Gasteiger partial charge in [0, 0.05) is 0 Å². The van der Waals surface area contributed by atoms with Crippen LogP contribution in [0, 0.1) is 0 Å². The monoisotopic (exact) mass is 531 g/mol. The van der Waals surface area contributed by atoms with Crippen LogP contribution in [-0.4, -0.2) is 58.8 Å². The molecule has 1 heterocycles. The molecule has 0 aromatic heterocycles. The molecule has 30 heavy (non-hydrogen) atoms. The van der Waals surface area contributed by atoms with Crippen LogP contribution in [0.4, 0.5) is 4.79 Å². The molecule has 0 radical (unpaired) electrons. The van der Waals surface area contributed by atoms with Crippen molar-refractivity contribution in [2.45, 2.75) is 118 Å². The Balaban J connectivity index is 2.58. The van der Waals surface area contributed by atoms with Crippen molar-refractivity contribution in [3.8, 4) is 0 Å². The Labute approximate surface area is 191 Å². The Bertz CT molecular complexity index is 479. The quantitative estimate of drug-likeness (QED) is 0.134. The number of carbonyl (C=O) groups excluding carboxylic acids is 1. The van der Waals surface area contributed by atoms with E-state index in [9.17, 15) is 4.79 Å². The zero-order valence-electron chi connectivity index (χ0n) is 20.8. The molecule has 0 N–H and O–H groups in total. The minimum atomic E-state index is -2.20. The predicted molar refractivity (Wildman–Crippen MR) is 131 cm³/mol. The van der Waals surface area contributed by atoms with E-state index in [-0.39, 0.29) is 12.1 Å². The van der Waals surface area contributed by atoms with Crippen molar-refractivity contribution in [3.05, 3.63) is 12.2 Å². The molecule has 0 saturated carbocycles. The Hall–Kier alpha value is -0.231. The van der Waals surface area contributed by atoms with E-state index in [2.05, 4.69) is 32.9 Å². The molecule has 0 aliphatic carbocycles. The van der Waals surface area contributed by atoms with Gasteiger partial charge >= 0.3 is 191 Å². The topological polar surface area (TPSA) is 38.8 Å². The Morgan fingerprint density at radius 3 is 2.10 bits per heavy atom. The van der Waals surface area contributed by atoms with Crippen molar-refractivity contribution < 1.29 is 14.3 Å². The van der Waals surface area contributed by atoms with Crippen molar-refractivity contribution in [3.63, 3.8) is 0 Å². The van der Waals surface area contributed by atoms with E-state index < -0.39 is 24.0 Å². The first-order valence-corrected chi connectivity index (χ1v) is 20.6. The van der Waals surface area contributed by atoms with Crippen molar-refractivity contribution >= 4 is 24.5 Å². The average Bonchev–Trinajstić information content (AvgIpc) is 3.16. The van der Waals surface area contributed by atoms with Crippen LogP contribution in [0.1, 0.15) is 92.9 Å². The summed E-state index contributed by atoms with van der Waals surface area (Å²) in [5, 5.41) is 0. The Kier molecular flexibility index (Phi) is 13.7. The summed E-state index contributed by atoms with van der Waals surface area (Å²) in [7, 11) is 0. The molecular formula is C25H49NO3Sn. The van der Waals surface area contributed by atoms with E-state index in [0.717, 1.165) is 24.0 Å². The van der Waals surface area contributed by atoms with E-state index in [1.807, 2.05) is 25.7 Å². The van der Waals surface area contributed by atoms with Crippen LogP contribution in [0.15, 0.2) is 12.2 Å². The summed E-state index contributed by atoms with van der Waals surface area (Å²) < 4.78 is 17.4. The molecule has 0 spiro atoms. The first-order valence-electron chi connectivity index (χ1n) is 12.5. The van der Waals surface area contributed by atoms with Gasteiger partial charge in [0.25, 0.3) is 0 Å². The van der Waals surface area contributed by atoms with E-state index in [4.69, 9.17) is 9.47 Å². The fourth-order valence-corrected chi connectivity index (χ4v) is 18.7. The zero-order chi connectivity index (χ0) is 22.5. The second-order valence-corrected chi connectivity index (χ2v) is 23.8. The molecule has 4 nitrogen and oxygen atoms in total. The number of nitrogens with zero attached hydrogens (tertiary/aromatic N) is 1. The van der Waals surface area contributed by atoms with Crippen LogP contribution >= 0.6 is 0 Å². The van der Waals surface area contributed by atoms with Gasteiger partial charge in [-0.05, 0) is 0 Å². The van der Waals surface area contributed by atoms with Crippen LogP contribution in [0.25, 0.3) is 0 Å². The Morgan fingerprint density at radius 1 is 1.03 bits per heavy atom. The van der Waals surface area contributed by atoms with Gasteiger partial charge in [0.15, 0.2) is 0 Å². The summed E-state index contributed by atoms with van der Waals surface area (Å²) >= 11 is -2.20. The number of rotatable bonds is 14. The van der Waals surface area contributed by atoms with Crippen molar-refractivity contribution in [2.75, 3.05) is 17.8 Å². The molecule has 0 aromatic carbocycles. The molecule has 1 atom stereocenters. The fourth-order valence-electron chi connectivity index (χ4n) is 4.34. The van der Waals surface area contributed by atoms with Crippen LogP contribution in [0.3, 0.4) is 0 Å². The van der Waals surface area contributed by atoms with Crippen LogP contribution in [0.2, 0.25) is 13.3 Å². The molecule has 1 aliphatic rings. The minimum absolute atomic E-state index is 0.150. The van der Waals surface area contributed by atoms with E-state index in [1.54, 1.807) is 0 Å². The van der Waals surface area contributed by atoms with Crippen LogP contribution in [0.5, 0.6) is 0 Å². The van der Waals surface area contributed by atoms with Gasteiger partial charge in [0.2, 0.25) is 0 Å². The first kappa shape index (κ1) is 27.8. The maximum atomic E-state index is 12.4. The number of unbranched alkanes of at least 4 members (excludes halogenated alkanes) is 3. The van der Waals surface area contributed by atoms with Gasteiger partial charge in [-0.1, -0.05) is 0 Å². The summed E-state index contributed by atoms with van der Waals surface area (Å²) in [5.41, 5.74) is -0.442. The van der Waals surface area contributed by atoms with Gasteiger partial charge in [0.05, 0.1) is 0 Å². The molecular weight excluding hydrogens is 481 g/mol. The molecule has 0 aromatic rings. The first-order chi connectivity index (χ1) is 14.3. The summed E-state index contributed by atoms with van der Waals surface area (Å²) in [5.74, 6) is 0. The van der Waals surface area contributed by atoms with Gasteiger partial charge in [-0.25, -0.2) is 0 Å². The standard InChI is InChI=1S/C13H22NO3.3C4H9.Sn/c1-13(2,3)17-12(15)14-9-5-7-11(14)8-6-10-16-4;3*1-3-4-2;/h6,8,11H,4-5,7,9-10H2,1-3H3;3*1,3-4H2,2H3;/b8-6+;;;;/t11-;;;;/m0..../s1. The number of hydrogen-bond acceptors (Lipinski definition) is 3. The van der Waals surface area contributed by atoms with Crippen molar-refractivity contribution in [2.24, 2.45) is 0 Å². The SMILES string of the molecule is CCC[CH2][Sn]([CH2]CCC)([CH2]CCC)[CH2]OC/C=C/[C@@H]1CCCN1C(=O)OC(C)(C)C. The third-order valence-electron chi connectivity index (χ3n) is 6.09. The third kappa shape index (κ3) is 10.9. The molecule has 1 fully saturated rings. The number of hydrogen-bond donors (Lipinski definition) is 0. The van der Waals surface area contributed by atoms with Crippen molar-refractivity contribution in [1.29, 1.82) is 0 Å². The van der Waals surface area contributed by atoms with Crippen LogP contribution in [-0.2, 0) is 9.47 Å². The molecule has 1 aliphatic heterocycles. The number of carbonyl (C=O) groups is 1. The molecule has 5 heteroatoms. The summed E-state index contributed by atoms with van der Waals surface area (Å²) in [4.78, 5) is 14.3. The normalized spacial score (nSPS) is 17.8. The van der Waals surface area contributed by atoms with Crippen molar-refractivity contribution in [1.82, 2.24) is 4.90 Å².